The number of aromatic nitrogens is 1. The lowest BCUT2D eigenvalue weighted by Crippen LogP contribution is -2.15. The van der Waals surface area contributed by atoms with Crippen LogP contribution in [0.1, 0.15) is 10.5 Å². The Morgan fingerprint density at radius 3 is 2.70 bits per heavy atom. The first-order valence-corrected chi connectivity index (χ1v) is 8.53. The fourth-order valence-electron chi connectivity index (χ4n) is 2.65. The van der Waals surface area contributed by atoms with Gasteiger partial charge in [0.1, 0.15) is 19.0 Å². The molecule has 1 aromatic heterocycles. The summed E-state index contributed by atoms with van der Waals surface area (Å²) in [5, 5.41) is 6.95. The lowest BCUT2D eigenvalue weighted by Gasteiger charge is -2.18. The molecule has 0 atom stereocenters. The van der Waals surface area contributed by atoms with Crippen LogP contribution in [0.2, 0.25) is 5.02 Å². The number of carbonyl (C=O) groups is 1. The molecule has 7 nitrogen and oxygen atoms in total. The van der Waals surface area contributed by atoms with Gasteiger partial charge in [0, 0.05) is 17.3 Å². The second-order valence-corrected chi connectivity index (χ2v) is 6.15. The number of carbonyl (C=O) groups excluding carboxylic acids is 1. The van der Waals surface area contributed by atoms with Crippen molar-refractivity contribution >= 4 is 23.2 Å². The maximum atomic E-state index is 12.4. The van der Waals surface area contributed by atoms with E-state index in [2.05, 4.69) is 10.5 Å². The molecule has 8 heteroatoms. The monoisotopic (exact) mass is 386 g/mol. The predicted octanol–water partition coefficient (Wildman–Crippen LogP) is 4.03. The summed E-state index contributed by atoms with van der Waals surface area (Å²) in [4.78, 5) is 12.4. The van der Waals surface area contributed by atoms with Crippen LogP contribution in [0.15, 0.2) is 47.0 Å². The first kappa shape index (κ1) is 17.2. The maximum absolute atomic E-state index is 12.4. The largest absolute Gasteiger partial charge is 0.495 e. The van der Waals surface area contributed by atoms with Gasteiger partial charge in [0.15, 0.2) is 23.0 Å². The second kappa shape index (κ2) is 7.20. The summed E-state index contributed by atoms with van der Waals surface area (Å²) >= 11 is 6.07. The minimum Gasteiger partial charge on any atom is -0.495 e. The molecule has 1 aliphatic heterocycles. The van der Waals surface area contributed by atoms with E-state index in [0.717, 1.165) is 5.56 Å². The van der Waals surface area contributed by atoms with Crippen molar-refractivity contribution in [1.29, 1.82) is 0 Å². The first-order valence-electron chi connectivity index (χ1n) is 8.15. The highest BCUT2D eigenvalue weighted by Gasteiger charge is 2.17. The van der Waals surface area contributed by atoms with Crippen molar-refractivity contribution in [1.82, 2.24) is 5.16 Å². The highest BCUT2D eigenvalue weighted by Crippen LogP contribution is 2.34. The summed E-state index contributed by atoms with van der Waals surface area (Å²) in [7, 11) is 1.52. The third-order valence-electron chi connectivity index (χ3n) is 3.98. The summed E-state index contributed by atoms with van der Waals surface area (Å²) in [6.07, 6.45) is 0. The van der Waals surface area contributed by atoms with E-state index < -0.39 is 5.91 Å². The van der Waals surface area contributed by atoms with Gasteiger partial charge in [-0.3, -0.25) is 4.79 Å². The maximum Gasteiger partial charge on any atom is 0.277 e. The number of anilines is 1. The third kappa shape index (κ3) is 3.54. The van der Waals surface area contributed by atoms with Crippen LogP contribution in [0, 0.1) is 0 Å². The summed E-state index contributed by atoms with van der Waals surface area (Å²) < 4.78 is 21.5. The average Bonchev–Trinajstić information content (AvgIpc) is 3.18. The number of halogens is 1. The number of nitrogens with one attached hydrogen (secondary N) is 1. The molecule has 27 heavy (non-hydrogen) atoms. The van der Waals surface area contributed by atoms with E-state index >= 15 is 0 Å². The number of hydrogen-bond acceptors (Lipinski definition) is 6. The molecule has 2 heterocycles. The minimum absolute atomic E-state index is 0.145. The van der Waals surface area contributed by atoms with Crippen LogP contribution in [0.4, 0.5) is 5.69 Å². The molecule has 0 unspecified atom stereocenters. The van der Waals surface area contributed by atoms with Gasteiger partial charge in [0.2, 0.25) is 0 Å². The first-order chi connectivity index (χ1) is 13.1. The second-order valence-electron chi connectivity index (χ2n) is 5.74. The molecule has 0 spiro atoms. The molecule has 1 N–H and O–H groups in total. The molecule has 3 aromatic rings. The van der Waals surface area contributed by atoms with Crippen molar-refractivity contribution in [2.45, 2.75) is 0 Å². The number of hydrogen-bond donors (Lipinski definition) is 1. The standard InChI is InChI=1S/C19H15ClN2O5/c1-24-15-5-3-12(9-13(15)20)21-19(23)14-10-17(27-22-14)11-2-4-16-18(8-11)26-7-6-25-16/h2-5,8-10H,6-7H2,1H3,(H,21,23). The van der Waals surface area contributed by atoms with E-state index in [9.17, 15) is 4.79 Å². The Morgan fingerprint density at radius 2 is 1.93 bits per heavy atom. The van der Waals surface area contributed by atoms with Crippen LogP contribution in [0.25, 0.3) is 11.3 Å². The van der Waals surface area contributed by atoms with Gasteiger partial charge in [0.25, 0.3) is 5.91 Å². The highest BCUT2D eigenvalue weighted by molar-refractivity contribution is 6.32. The predicted molar refractivity (Wildman–Crippen MR) is 98.9 cm³/mol. The van der Waals surface area contributed by atoms with Gasteiger partial charge < -0.3 is 24.1 Å². The van der Waals surface area contributed by atoms with Crippen molar-refractivity contribution in [3.63, 3.8) is 0 Å². The zero-order chi connectivity index (χ0) is 18.8. The Labute approximate surface area is 159 Å². The molecule has 138 valence electrons. The van der Waals surface area contributed by atoms with Crippen molar-refractivity contribution in [3.05, 3.63) is 53.2 Å². The molecule has 0 radical (unpaired) electrons. The number of amides is 1. The number of ether oxygens (including phenoxy) is 3. The molecule has 0 saturated carbocycles. The Bertz CT molecular complexity index is 1000. The van der Waals surface area contributed by atoms with Gasteiger partial charge in [-0.15, -0.1) is 0 Å². The molecule has 2 aromatic carbocycles. The van der Waals surface area contributed by atoms with E-state index in [4.69, 9.17) is 30.3 Å². The van der Waals surface area contributed by atoms with Gasteiger partial charge in [0.05, 0.1) is 12.1 Å². The van der Waals surface area contributed by atoms with Crippen LogP contribution in [0.5, 0.6) is 17.2 Å². The van der Waals surface area contributed by atoms with Gasteiger partial charge in [-0.1, -0.05) is 16.8 Å². The summed E-state index contributed by atoms with van der Waals surface area (Å²) in [5.74, 6) is 1.87. The molecule has 0 aliphatic carbocycles. The lowest BCUT2D eigenvalue weighted by molar-refractivity contribution is 0.101. The number of fused-ring (bicyclic) bond motifs is 1. The normalized spacial score (nSPS) is 12.5. The Kier molecular flexibility index (Phi) is 4.60. The van der Waals surface area contributed by atoms with Crippen molar-refractivity contribution in [2.75, 3.05) is 25.6 Å². The zero-order valence-electron chi connectivity index (χ0n) is 14.3. The van der Waals surface area contributed by atoms with Crippen LogP contribution in [0.3, 0.4) is 0 Å². The zero-order valence-corrected chi connectivity index (χ0v) is 15.1. The van der Waals surface area contributed by atoms with Crippen LogP contribution in [-0.2, 0) is 0 Å². The summed E-state index contributed by atoms with van der Waals surface area (Å²) in [6, 6.07) is 11.9. The highest BCUT2D eigenvalue weighted by atomic mass is 35.5. The van der Waals surface area contributed by atoms with E-state index in [1.165, 1.54) is 7.11 Å². The van der Waals surface area contributed by atoms with E-state index in [0.29, 0.717) is 46.9 Å². The van der Waals surface area contributed by atoms with Crippen molar-refractivity contribution < 1.29 is 23.5 Å². The summed E-state index contributed by atoms with van der Waals surface area (Å²) in [5.41, 5.74) is 1.40. The molecule has 1 aliphatic rings. The topological polar surface area (TPSA) is 82.8 Å². The van der Waals surface area contributed by atoms with E-state index in [1.807, 2.05) is 6.07 Å². The fourth-order valence-corrected chi connectivity index (χ4v) is 2.91. The molecule has 0 bridgehead atoms. The van der Waals surface area contributed by atoms with Crippen LogP contribution < -0.4 is 19.5 Å². The molecular formula is C19H15ClN2O5. The number of nitrogens with zero attached hydrogens (tertiary/aromatic N) is 1. The fraction of sp³-hybridized carbons (Fsp3) is 0.158. The van der Waals surface area contributed by atoms with Crippen LogP contribution in [-0.4, -0.2) is 31.4 Å². The summed E-state index contributed by atoms with van der Waals surface area (Å²) in [6.45, 7) is 1.01. The van der Waals surface area contributed by atoms with E-state index in [1.54, 1.807) is 36.4 Å². The van der Waals surface area contributed by atoms with Gasteiger partial charge in [-0.25, -0.2) is 0 Å². The SMILES string of the molecule is COc1ccc(NC(=O)c2cc(-c3ccc4c(c3)OCCO4)on2)cc1Cl. The quantitative estimate of drug-likeness (QED) is 0.729. The van der Waals surface area contributed by atoms with Crippen molar-refractivity contribution in [3.8, 4) is 28.6 Å². The molecule has 0 fully saturated rings. The minimum atomic E-state index is -0.413. The van der Waals surface area contributed by atoms with Crippen LogP contribution >= 0.6 is 11.6 Å². The Morgan fingerprint density at radius 1 is 1.11 bits per heavy atom. The lowest BCUT2D eigenvalue weighted by atomic mass is 10.1. The number of benzene rings is 2. The van der Waals surface area contributed by atoms with Crippen molar-refractivity contribution in [2.24, 2.45) is 0 Å². The number of methoxy groups -OCH3 is 1. The van der Waals surface area contributed by atoms with Gasteiger partial charge >= 0.3 is 0 Å². The average molecular weight is 387 g/mol. The Balaban J connectivity index is 1.52. The molecule has 1 amide bonds. The Hall–Kier alpha value is -3.19. The molecular weight excluding hydrogens is 372 g/mol. The molecule has 0 saturated heterocycles. The third-order valence-corrected chi connectivity index (χ3v) is 4.27. The molecule has 4 rings (SSSR count). The van der Waals surface area contributed by atoms with E-state index in [-0.39, 0.29) is 5.69 Å². The smallest absolute Gasteiger partial charge is 0.277 e. The number of rotatable bonds is 4. The van der Waals surface area contributed by atoms with Gasteiger partial charge in [-0.05, 0) is 36.4 Å². The van der Waals surface area contributed by atoms with Gasteiger partial charge in [-0.2, -0.15) is 0 Å².